The summed E-state index contributed by atoms with van der Waals surface area (Å²) in [6.45, 7) is 6.21. The number of carbonyl (C=O) groups excluding carboxylic acids is 2. The number of H-pyrrole nitrogens is 1. The van der Waals surface area contributed by atoms with Gasteiger partial charge in [-0.15, -0.1) is 0 Å². The smallest absolute Gasteiger partial charge is 0.339 e. The number of carbonyl (C=O) groups is 2. The number of benzene rings is 1. The number of ether oxygens (including phenoxy) is 1. The summed E-state index contributed by atoms with van der Waals surface area (Å²) in [5.41, 5.74) is 2.69. The average molecular weight is 352 g/mol. The predicted octanol–water partition coefficient (Wildman–Crippen LogP) is 3.01. The highest BCUT2D eigenvalue weighted by Crippen LogP contribution is 2.18. The van der Waals surface area contributed by atoms with Crippen LogP contribution in [0.4, 0.5) is 0 Å². The van der Waals surface area contributed by atoms with Crippen LogP contribution in [0.2, 0.25) is 0 Å². The van der Waals surface area contributed by atoms with Crippen molar-refractivity contribution >= 4 is 22.7 Å². The van der Waals surface area contributed by atoms with Crippen molar-refractivity contribution in [1.29, 1.82) is 0 Å². The van der Waals surface area contributed by atoms with E-state index in [1.807, 2.05) is 25.3 Å². The van der Waals surface area contributed by atoms with E-state index in [1.54, 1.807) is 30.3 Å². The number of nitrogens with one attached hydrogen (secondary N) is 1. The van der Waals surface area contributed by atoms with Gasteiger partial charge < -0.3 is 14.3 Å². The largest absolute Gasteiger partial charge is 0.454 e. The molecule has 0 saturated heterocycles. The Morgan fingerprint density at radius 3 is 2.54 bits per heavy atom. The molecule has 0 bridgehead atoms. The molecule has 0 aliphatic heterocycles. The summed E-state index contributed by atoms with van der Waals surface area (Å²) < 4.78 is 7.22. The van der Waals surface area contributed by atoms with Crippen molar-refractivity contribution in [3.05, 3.63) is 69.3 Å². The van der Waals surface area contributed by atoms with Crippen molar-refractivity contribution in [2.45, 2.75) is 27.3 Å². The first-order chi connectivity index (χ1) is 12.4. The molecule has 1 aromatic carbocycles. The lowest BCUT2D eigenvalue weighted by atomic mass is 10.1. The van der Waals surface area contributed by atoms with Crippen molar-refractivity contribution in [2.75, 3.05) is 6.61 Å². The molecular weight excluding hydrogens is 332 g/mol. The number of hydrogen-bond acceptors (Lipinski definition) is 4. The molecule has 26 heavy (non-hydrogen) atoms. The highest BCUT2D eigenvalue weighted by atomic mass is 16.5. The second-order valence-corrected chi connectivity index (χ2v) is 6.12. The second-order valence-electron chi connectivity index (χ2n) is 6.12. The van der Waals surface area contributed by atoms with Crippen molar-refractivity contribution in [1.82, 2.24) is 9.55 Å². The highest BCUT2D eigenvalue weighted by Gasteiger charge is 2.18. The number of aromatic nitrogens is 2. The van der Waals surface area contributed by atoms with Crippen molar-refractivity contribution in [3.8, 4) is 0 Å². The van der Waals surface area contributed by atoms with Gasteiger partial charge in [-0.3, -0.25) is 9.59 Å². The topological polar surface area (TPSA) is 81.2 Å². The maximum absolute atomic E-state index is 12.5. The molecule has 2 heterocycles. The van der Waals surface area contributed by atoms with E-state index in [-0.39, 0.29) is 18.0 Å². The molecule has 0 atom stereocenters. The Morgan fingerprint density at radius 2 is 1.85 bits per heavy atom. The average Bonchev–Trinajstić information content (AvgIpc) is 2.92. The van der Waals surface area contributed by atoms with Gasteiger partial charge in [-0.2, -0.15) is 0 Å². The molecule has 0 spiro atoms. The van der Waals surface area contributed by atoms with Gasteiger partial charge in [0, 0.05) is 40.5 Å². The summed E-state index contributed by atoms with van der Waals surface area (Å²) in [5, 5.41) is 0.578. The number of Topliss-reactive ketones (excluding diaryl/α,β-unsaturated/α-hetero) is 1. The first-order valence-electron chi connectivity index (χ1n) is 8.41. The van der Waals surface area contributed by atoms with Gasteiger partial charge in [-0.25, -0.2) is 4.79 Å². The van der Waals surface area contributed by atoms with E-state index in [1.165, 1.54) is 6.07 Å². The first-order valence-corrected chi connectivity index (χ1v) is 8.41. The van der Waals surface area contributed by atoms with Gasteiger partial charge in [0.25, 0.3) is 0 Å². The molecule has 3 rings (SSSR count). The molecule has 1 N–H and O–H groups in total. The maximum Gasteiger partial charge on any atom is 0.339 e. The minimum atomic E-state index is -0.690. The summed E-state index contributed by atoms with van der Waals surface area (Å²) in [6.07, 6.45) is 0. The maximum atomic E-state index is 12.5. The molecular formula is C20H20N2O4. The van der Waals surface area contributed by atoms with Crippen LogP contribution >= 0.6 is 0 Å². The fourth-order valence-electron chi connectivity index (χ4n) is 3.23. The molecule has 6 nitrogen and oxygen atoms in total. The molecule has 0 aliphatic rings. The van der Waals surface area contributed by atoms with Crippen molar-refractivity contribution in [2.24, 2.45) is 0 Å². The summed E-state index contributed by atoms with van der Waals surface area (Å²) >= 11 is 0. The number of nitrogens with zero attached hydrogens (tertiary/aromatic N) is 1. The molecule has 134 valence electrons. The third-order valence-corrected chi connectivity index (χ3v) is 4.50. The van der Waals surface area contributed by atoms with Gasteiger partial charge in [0.1, 0.15) is 0 Å². The van der Waals surface area contributed by atoms with E-state index in [0.29, 0.717) is 16.5 Å². The van der Waals surface area contributed by atoms with Crippen LogP contribution in [0, 0.1) is 13.8 Å². The van der Waals surface area contributed by atoms with E-state index in [9.17, 15) is 14.4 Å². The molecule has 0 saturated carbocycles. The third kappa shape index (κ3) is 3.18. The van der Waals surface area contributed by atoms with Crippen LogP contribution in [0.1, 0.15) is 39.0 Å². The van der Waals surface area contributed by atoms with Crippen LogP contribution < -0.4 is 5.56 Å². The van der Waals surface area contributed by atoms with Gasteiger partial charge in [-0.1, -0.05) is 18.2 Å². The highest BCUT2D eigenvalue weighted by molar-refractivity contribution is 6.05. The van der Waals surface area contributed by atoms with E-state index in [0.717, 1.165) is 17.9 Å². The van der Waals surface area contributed by atoms with Crippen LogP contribution in [0.25, 0.3) is 10.9 Å². The molecule has 0 amide bonds. The minimum Gasteiger partial charge on any atom is -0.454 e. The zero-order valence-corrected chi connectivity index (χ0v) is 15.0. The molecule has 0 radical (unpaired) electrons. The fraction of sp³-hybridized carbons (Fsp3) is 0.250. The quantitative estimate of drug-likeness (QED) is 0.565. The number of ketones is 1. The van der Waals surface area contributed by atoms with Crippen LogP contribution in [0.3, 0.4) is 0 Å². The molecule has 3 aromatic rings. The number of hydrogen-bond donors (Lipinski definition) is 1. The SMILES string of the molecule is CCn1c(C)cc(C(=O)COC(=O)c2cc(=O)[nH]c3ccccc23)c1C. The molecule has 0 unspecified atom stereocenters. The van der Waals surface area contributed by atoms with Crippen LogP contribution in [-0.4, -0.2) is 27.9 Å². The molecule has 0 fully saturated rings. The molecule has 2 aromatic heterocycles. The van der Waals surface area contributed by atoms with Crippen LogP contribution in [0.5, 0.6) is 0 Å². The summed E-state index contributed by atoms with van der Waals surface area (Å²) in [4.78, 5) is 39.3. The van der Waals surface area contributed by atoms with E-state index in [4.69, 9.17) is 4.74 Å². The number of rotatable bonds is 5. The molecule has 6 heteroatoms. The Kier molecular flexibility index (Phi) is 4.75. The number of aromatic amines is 1. The normalized spacial score (nSPS) is 10.9. The van der Waals surface area contributed by atoms with Crippen LogP contribution in [-0.2, 0) is 11.3 Å². The number of aryl methyl sites for hydroxylation is 1. The number of fused-ring (bicyclic) bond motifs is 1. The Balaban J connectivity index is 1.82. The summed E-state index contributed by atoms with van der Waals surface area (Å²) in [5.74, 6) is -0.953. The van der Waals surface area contributed by atoms with Gasteiger partial charge >= 0.3 is 5.97 Å². The predicted molar refractivity (Wildman–Crippen MR) is 98.8 cm³/mol. The molecule has 0 aliphatic carbocycles. The lowest BCUT2D eigenvalue weighted by molar-refractivity contribution is 0.0476. The zero-order valence-electron chi connectivity index (χ0n) is 15.0. The Morgan fingerprint density at radius 1 is 1.12 bits per heavy atom. The van der Waals surface area contributed by atoms with Crippen molar-refractivity contribution in [3.63, 3.8) is 0 Å². The Hall–Kier alpha value is -3.15. The first kappa shape index (κ1) is 17.7. The van der Waals surface area contributed by atoms with E-state index >= 15 is 0 Å². The number of pyridine rings is 1. The second kappa shape index (κ2) is 7.00. The number of esters is 1. The van der Waals surface area contributed by atoms with E-state index < -0.39 is 11.5 Å². The lowest BCUT2D eigenvalue weighted by Gasteiger charge is -2.08. The standard InChI is InChI=1S/C20H20N2O4/c1-4-22-12(2)9-15(13(22)3)18(23)11-26-20(25)16-10-19(24)21-17-8-6-5-7-14(16)17/h5-10H,4,11H2,1-3H3,(H,21,24). The number of para-hydroxylation sites is 1. The van der Waals surface area contributed by atoms with Gasteiger partial charge in [0.15, 0.2) is 6.61 Å². The summed E-state index contributed by atoms with van der Waals surface area (Å²) in [7, 11) is 0. The van der Waals surface area contributed by atoms with Gasteiger partial charge in [-0.05, 0) is 32.9 Å². The van der Waals surface area contributed by atoms with Gasteiger partial charge in [0.2, 0.25) is 11.3 Å². The zero-order chi connectivity index (χ0) is 18.8. The minimum absolute atomic E-state index is 0.149. The van der Waals surface area contributed by atoms with E-state index in [2.05, 4.69) is 4.98 Å². The van der Waals surface area contributed by atoms with Crippen LogP contribution in [0.15, 0.2) is 41.2 Å². The lowest BCUT2D eigenvalue weighted by Crippen LogP contribution is -2.17. The monoisotopic (exact) mass is 352 g/mol. The van der Waals surface area contributed by atoms with Gasteiger partial charge in [0.05, 0.1) is 5.56 Å². The summed E-state index contributed by atoms with van der Waals surface area (Å²) in [6, 6.07) is 9.95. The third-order valence-electron chi connectivity index (χ3n) is 4.50. The van der Waals surface area contributed by atoms with Crippen molar-refractivity contribution < 1.29 is 14.3 Å². The fourth-order valence-corrected chi connectivity index (χ4v) is 3.23. The Bertz CT molecular complexity index is 1060. The Labute approximate surface area is 150 Å².